The van der Waals surface area contributed by atoms with Crippen molar-refractivity contribution < 1.29 is 19.8 Å². The van der Waals surface area contributed by atoms with Crippen LogP contribution in [0.1, 0.15) is 31.8 Å². The van der Waals surface area contributed by atoms with E-state index in [0.29, 0.717) is 11.1 Å². The van der Waals surface area contributed by atoms with E-state index in [1.807, 2.05) is 0 Å². The van der Waals surface area contributed by atoms with Gasteiger partial charge in [-0.15, -0.1) is 0 Å². The van der Waals surface area contributed by atoms with Crippen LogP contribution in [0.2, 0.25) is 0 Å². The van der Waals surface area contributed by atoms with Crippen molar-refractivity contribution in [2.75, 3.05) is 0 Å². The van der Waals surface area contributed by atoms with Crippen LogP contribution in [0.3, 0.4) is 0 Å². The second-order valence-electron chi connectivity index (χ2n) is 3.43. The molecule has 0 atom stereocenters. The van der Waals surface area contributed by atoms with Gasteiger partial charge in [0.15, 0.2) is 11.5 Å². The summed E-state index contributed by atoms with van der Waals surface area (Å²) in [6.07, 6.45) is 0. The summed E-state index contributed by atoms with van der Waals surface area (Å²) in [5.41, 5.74) is 10.3. The Morgan fingerprint density at radius 3 is 1.31 bits per heavy atom. The van der Waals surface area contributed by atoms with Crippen LogP contribution in [0.15, 0.2) is 0 Å². The molecule has 16 heavy (non-hydrogen) atoms. The zero-order valence-corrected chi connectivity index (χ0v) is 8.87. The summed E-state index contributed by atoms with van der Waals surface area (Å²) in [6, 6.07) is 0. The van der Waals surface area contributed by atoms with Crippen LogP contribution in [-0.2, 0) is 0 Å². The summed E-state index contributed by atoms with van der Waals surface area (Å²) < 4.78 is 0. The molecule has 6 nitrogen and oxygen atoms in total. The molecule has 0 saturated heterocycles. The lowest BCUT2D eigenvalue weighted by molar-refractivity contribution is 0.0981. The van der Waals surface area contributed by atoms with Gasteiger partial charge in [-0.1, -0.05) is 0 Å². The van der Waals surface area contributed by atoms with E-state index in [-0.39, 0.29) is 11.1 Å². The average Bonchev–Trinajstić information content (AvgIpc) is 2.14. The molecule has 0 aliphatic carbocycles. The fourth-order valence-electron chi connectivity index (χ4n) is 1.57. The van der Waals surface area contributed by atoms with Crippen LogP contribution >= 0.6 is 0 Å². The lowest BCUT2D eigenvalue weighted by atomic mass is 9.95. The van der Waals surface area contributed by atoms with Crippen molar-refractivity contribution in [3.05, 3.63) is 22.3 Å². The van der Waals surface area contributed by atoms with Gasteiger partial charge in [0.1, 0.15) is 0 Å². The second kappa shape index (κ2) is 3.73. The van der Waals surface area contributed by atoms with Gasteiger partial charge in [-0.05, 0) is 25.0 Å². The Morgan fingerprint density at radius 1 is 0.875 bits per heavy atom. The van der Waals surface area contributed by atoms with Crippen molar-refractivity contribution in [2.45, 2.75) is 13.8 Å². The molecule has 6 N–H and O–H groups in total. The molecule has 6 heteroatoms. The van der Waals surface area contributed by atoms with E-state index in [1.54, 1.807) is 0 Å². The maximum atomic E-state index is 11.1. The predicted octanol–water partition coefficient (Wildman–Crippen LogP) is -0.0876. The highest BCUT2D eigenvalue weighted by Crippen LogP contribution is 2.37. The zero-order chi connectivity index (χ0) is 12.6. The summed E-state index contributed by atoms with van der Waals surface area (Å²) >= 11 is 0. The molecule has 0 aliphatic heterocycles. The largest absolute Gasteiger partial charge is 0.504 e. The van der Waals surface area contributed by atoms with Gasteiger partial charge >= 0.3 is 0 Å². The summed E-state index contributed by atoms with van der Waals surface area (Å²) in [6.45, 7) is 3.00. The highest BCUT2D eigenvalue weighted by molar-refractivity contribution is 6.04. The lowest BCUT2D eigenvalue weighted by Crippen LogP contribution is -2.18. The molecular formula is C10H12N2O4. The topological polar surface area (TPSA) is 127 Å². The van der Waals surface area contributed by atoms with Crippen LogP contribution in [-0.4, -0.2) is 22.0 Å². The Bertz CT molecular complexity index is 420. The van der Waals surface area contributed by atoms with Gasteiger partial charge in [-0.2, -0.15) is 0 Å². The standard InChI is InChI=1S/C10H12N2O4/c1-3-4(2)6(10(12)16)8(14)7(13)5(3)9(11)15/h13-14H,1-2H3,(H2,11,15)(H2,12,16). The van der Waals surface area contributed by atoms with Crippen LogP contribution in [0.25, 0.3) is 0 Å². The first-order valence-corrected chi connectivity index (χ1v) is 4.43. The van der Waals surface area contributed by atoms with E-state index in [0.717, 1.165) is 0 Å². The van der Waals surface area contributed by atoms with Crippen molar-refractivity contribution in [3.8, 4) is 11.5 Å². The number of carbonyl (C=O) groups is 2. The van der Waals surface area contributed by atoms with E-state index >= 15 is 0 Å². The molecule has 0 saturated carbocycles. The molecular weight excluding hydrogens is 212 g/mol. The van der Waals surface area contributed by atoms with Gasteiger partial charge in [-0.25, -0.2) is 0 Å². The number of hydrogen-bond acceptors (Lipinski definition) is 4. The highest BCUT2D eigenvalue weighted by Gasteiger charge is 2.24. The Labute approximate surface area is 91.5 Å². The summed E-state index contributed by atoms with van der Waals surface area (Å²) in [5.74, 6) is -3.21. The molecule has 0 aliphatic rings. The number of nitrogens with two attached hydrogens (primary N) is 2. The Hall–Kier alpha value is -2.24. The Kier molecular flexibility index (Phi) is 2.76. The number of carbonyl (C=O) groups excluding carboxylic acids is 2. The molecule has 0 radical (unpaired) electrons. The van der Waals surface area contributed by atoms with E-state index in [4.69, 9.17) is 11.5 Å². The van der Waals surface area contributed by atoms with E-state index in [2.05, 4.69) is 0 Å². The number of amides is 2. The molecule has 1 aromatic rings. The normalized spacial score (nSPS) is 10.1. The molecule has 1 rings (SSSR count). The SMILES string of the molecule is Cc1c(C)c(C(N)=O)c(O)c(O)c1C(N)=O. The molecule has 2 amide bonds. The van der Waals surface area contributed by atoms with Crippen LogP contribution in [0, 0.1) is 13.8 Å². The number of phenols is 2. The van der Waals surface area contributed by atoms with Gasteiger partial charge in [-0.3, -0.25) is 9.59 Å². The molecule has 0 bridgehead atoms. The third-order valence-corrected chi connectivity index (χ3v) is 2.50. The van der Waals surface area contributed by atoms with Crippen molar-refractivity contribution >= 4 is 11.8 Å². The molecule has 86 valence electrons. The smallest absolute Gasteiger partial charge is 0.252 e. The highest BCUT2D eigenvalue weighted by atomic mass is 16.3. The zero-order valence-electron chi connectivity index (χ0n) is 8.87. The molecule has 0 fully saturated rings. The Balaban J connectivity index is 3.77. The van der Waals surface area contributed by atoms with Crippen LogP contribution in [0.4, 0.5) is 0 Å². The van der Waals surface area contributed by atoms with Gasteiger partial charge in [0.25, 0.3) is 11.8 Å². The summed E-state index contributed by atoms with van der Waals surface area (Å²) in [7, 11) is 0. The molecule has 0 unspecified atom stereocenters. The number of hydrogen-bond donors (Lipinski definition) is 4. The third kappa shape index (κ3) is 1.54. The fraction of sp³-hybridized carbons (Fsp3) is 0.200. The average molecular weight is 224 g/mol. The van der Waals surface area contributed by atoms with Crippen LogP contribution in [0.5, 0.6) is 11.5 Å². The van der Waals surface area contributed by atoms with E-state index < -0.39 is 23.3 Å². The predicted molar refractivity (Wildman–Crippen MR) is 56.3 cm³/mol. The van der Waals surface area contributed by atoms with Crippen molar-refractivity contribution in [1.29, 1.82) is 0 Å². The lowest BCUT2D eigenvalue weighted by Gasteiger charge is -2.13. The van der Waals surface area contributed by atoms with Crippen LogP contribution < -0.4 is 11.5 Å². The minimum Gasteiger partial charge on any atom is -0.504 e. The van der Waals surface area contributed by atoms with E-state index in [1.165, 1.54) is 13.8 Å². The van der Waals surface area contributed by atoms with Crippen molar-refractivity contribution in [2.24, 2.45) is 11.5 Å². The molecule has 1 aromatic carbocycles. The monoisotopic (exact) mass is 224 g/mol. The first-order chi connectivity index (χ1) is 7.29. The maximum absolute atomic E-state index is 11.1. The first-order valence-electron chi connectivity index (χ1n) is 4.43. The fourth-order valence-corrected chi connectivity index (χ4v) is 1.57. The van der Waals surface area contributed by atoms with Gasteiger partial charge in [0, 0.05) is 0 Å². The number of benzene rings is 1. The number of primary amides is 2. The summed E-state index contributed by atoms with van der Waals surface area (Å²) in [5, 5.41) is 19.1. The molecule has 0 spiro atoms. The Morgan fingerprint density at radius 2 is 1.12 bits per heavy atom. The van der Waals surface area contributed by atoms with E-state index in [9.17, 15) is 19.8 Å². The van der Waals surface area contributed by atoms with Gasteiger partial charge in [0.05, 0.1) is 11.1 Å². The molecule has 0 heterocycles. The quantitative estimate of drug-likeness (QED) is 0.523. The maximum Gasteiger partial charge on any atom is 0.252 e. The van der Waals surface area contributed by atoms with Crippen molar-refractivity contribution in [3.63, 3.8) is 0 Å². The van der Waals surface area contributed by atoms with Gasteiger partial charge < -0.3 is 21.7 Å². The van der Waals surface area contributed by atoms with Gasteiger partial charge in [0.2, 0.25) is 0 Å². The first kappa shape index (κ1) is 11.8. The van der Waals surface area contributed by atoms with Crippen molar-refractivity contribution in [1.82, 2.24) is 0 Å². The third-order valence-electron chi connectivity index (χ3n) is 2.50. The second-order valence-corrected chi connectivity index (χ2v) is 3.43. The minimum atomic E-state index is -0.885. The summed E-state index contributed by atoms with van der Waals surface area (Å²) in [4.78, 5) is 22.1. The minimum absolute atomic E-state index is 0.208. The number of rotatable bonds is 2. The molecule has 0 aromatic heterocycles. The number of aromatic hydroxyl groups is 2.